The molecule has 1 aliphatic heterocycles. The smallest absolute Gasteiger partial charge is 0.229 e. The van der Waals surface area contributed by atoms with Crippen LogP contribution in [0.5, 0.6) is 0 Å². The number of hydrogen-bond donors (Lipinski definition) is 2. The lowest BCUT2D eigenvalue weighted by Gasteiger charge is -2.10. The maximum Gasteiger partial charge on any atom is 0.229 e. The topological polar surface area (TPSA) is 54.0 Å². The fraction of sp³-hybridized carbons (Fsp3) is 0.200. The molecule has 4 heteroatoms. The van der Waals surface area contributed by atoms with Gasteiger partial charge in [-0.15, -0.1) is 0 Å². The summed E-state index contributed by atoms with van der Waals surface area (Å²) >= 11 is 0. The highest BCUT2D eigenvalue weighted by molar-refractivity contribution is 5.88. The molecule has 0 spiro atoms. The highest BCUT2D eigenvalue weighted by Crippen LogP contribution is 2.30. The molecule has 1 aromatic heterocycles. The van der Waals surface area contributed by atoms with Crippen LogP contribution in [-0.4, -0.2) is 17.4 Å². The zero-order chi connectivity index (χ0) is 13.1. The number of amides is 1. The number of anilines is 1. The van der Waals surface area contributed by atoms with E-state index in [0.29, 0.717) is 13.1 Å². The van der Waals surface area contributed by atoms with Gasteiger partial charge in [-0.3, -0.25) is 9.78 Å². The third-order valence-corrected chi connectivity index (χ3v) is 3.32. The molecule has 2 heterocycles. The Morgan fingerprint density at radius 3 is 2.95 bits per heavy atom. The minimum absolute atomic E-state index is 0.0445. The largest absolute Gasteiger partial charge is 0.384 e. The number of carbonyl (C=O) groups is 1. The summed E-state index contributed by atoms with van der Waals surface area (Å²) in [5.41, 5.74) is 3.00. The van der Waals surface area contributed by atoms with Gasteiger partial charge in [-0.2, -0.15) is 0 Å². The Morgan fingerprint density at radius 1 is 1.26 bits per heavy atom. The van der Waals surface area contributed by atoms with Gasteiger partial charge in [0.2, 0.25) is 5.91 Å². The first-order valence-electron chi connectivity index (χ1n) is 6.35. The molecule has 1 aromatic carbocycles. The predicted molar refractivity (Wildman–Crippen MR) is 73.8 cm³/mol. The molecule has 0 bridgehead atoms. The van der Waals surface area contributed by atoms with Crippen LogP contribution in [-0.2, 0) is 11.3 Å². The monoisotopic (exact) mass is 253 g/mol. The molecule has 96 valence electrons. The van der Waals surface area contributed by atoms with Crippen LogP contribution in [0.25, 0.3) is 0 Å². The van der Waals surface area contributed by atoms with Crippen molar-refractivity contribution < 1.29 is 4.79 Å². The van der Waals surface area contributed by atoms with Crippen LogP contribution in [0.2, 0.25) is 0 Å². The number of hydrogen-bond acceptors (Lipinski definition) is 3. The van der Waals surface area contributed by atoms with E-state index in [1.165, 1.54) is 0 Å². The quantitative estimate of drug-likeness (QED) is 0.878. The van der Waals surface area contributed by atoms with E-state index in [4.69, 9.17) is 0 Å². The number of fused-ring (bicyclic) bond motifs is 1. The van der Waals surface area contributed by atoms with Crippen molar-refractivity contribution in [1.29, 1.82) is 0 Å². The summed E-state index contributed by atoms with van der Waals surface area (Å²) in [5, 5.41) is 6.19. The molecule has 0 saturated heterocycles. The van der Waals surface area contributed by atoms with E-state index in [1.807, 2.05) is 42.5 Å². The van der Waals surface area contributed by atoms with Gasteiger partial charge in [-0.25, -0.2) is 0 Å². The van der Waals surface area contributed by atoms with Crippen molar-refractivity contribution in [3.63, 3.8) is 0 Å². The number of benzene rings is 1. The summed E-state index contributed by atoms with van der Waals surface area (Å²) in [7, 11) is 0. The molecule has 0 unspecified atom stereocenters. The van der Waals surface area contributed by atoms with E-state index in [2.05, 4.69) is 15.6 Å². The number of para-hydroxylation sites is 1. The van der Waals surface area contributed by atoms with Gasteiger partial charge in [-0.1, -0.05) is 24.3 Å². The van der Waals surface area contributed by atoms with Crippen LogP contribution in [0.3, 0.4) is 0 Å². The van der Waals surface area contributed by atoms with E-state index in [9.17, 15) is 4.79 Å². The fourth-order valence-corrected chi connectivity index (χ4v) is 2.32. The van der Waals surface area contributed by atoms with E-state index in [0.717, 1.165) is 16.9 Å². The Kier molecular flexibility index (Phi) is 3.14. The molecule has 0 saturated carbocycles. The molecular formula is C15H15N3O. The molecule has 1 atom stereocenters. The minimum Gasteiger partial charge on any atom is -0.384 e. The van der Waals surface area contributed by atoms with E-state index in [-0.39, 0.29) is 11.8 Å². The second-order valence-corrected chi connectivity index (χ2v) is 4.56. The summed E-state index contributed by atoms with van der Waals surface area (Å²) in [6, 6.07) is 13.6. The van der Waals surface area contributed by atoms with Crippen LogP contribution in [0, 0.1) is 0 Å². The number of nitrogens with zero attached hydrogens (tertiary/aromatic N) is 1. The normalized spacial score (nSPS) is 16.5. The first-order valence-corrected chi connectivity index (χ1v) is 6.35. The third kappa shape index (κ3) is 2.42. The highest BCUT2D eigenvalue weighted by Gasteiger charge is 2.27. The summed E-state index contributed by atoms with van der Waals surface area (Å²) in [6.45, 7) is 1.13. The molecule has 4 nitrogen and oxygen atoms in total. The Balaban J connectivity index is 1.66. The van der Waals surface area contributed by atoms with Crippen molar-refractivity contribution in [3.8, 4) is 0 Å². The van der Waals surface area contributed by atoms with Gasteiger partial charge in [0.05, 0.1) is 18.2 Å². The highest BCUT2D eigenvalue weighted by atomic mass is 16.1. The Hall–Kier alpha value is -2.36. The number of rotatable bonds is 3. The third-order valence-electron chi connectivity index (χ3n) is 3.32. The second kappa shape index (κ2) is 5.10. The zero-order valence-corrected chi connectivity index (χ0v) is 10.5. The number of aromatic nitrogens is 1. The standard InChI is InChI=1S/C15H15N3O/c19-15(18-9-11-5-3-4-8-16-11)13-10-17-14-7-2-1-6-12(13)14/h1-8,13,17H,9-10H2,(H,18,19)/t13-/m1/s1. The van der Waals surface area contributed by atoms with Crippen molar-refractivity contribution in [1.82, 2.24) is 10.3 Å². The Labute approximate surface area is 111 Å². The summed E-state index contributed by atoms with van der Waals surface area (Å²) < 4.78 is 0. The molecule has 0 fully saturated rings. The fourth-order valence-electron chi connectivity index (χ4n) is 2.32. The van der Waals surface area contributed by atoms with Crippen molar-refractivity contribution >= 4 is 11.6 Å². The summed E-state index contributed by atoms with van der Waals surface area (Å²) in [4.78, 5) is 16.4. The molecule has 1 aliphatic rings. The van der Waals surface area contributed by atoms with Crippen molar-refractivity contribution in [2.24, 2.45) is 0 Å². The van der Waals surface area contributed by atoms with Crippen LogP contribution in [0.4, 0.5) is 5.69 Å². The van der Waals surface area contributed by atoms with Gasteiger partial charge in [0.1, 0.15) is 0 Å². The predicted octanol–water partition coefficient (Wildman–Crippen LogP) is 1.91. The molecule has 1 amide bonds. The van der Waals surface area contributed by atoms with Crippen LogP contribution >= 0.6 is 0 Å². The zero-order valence-electron chi connectivity index (χ0n) is 10.5. The van der Waals surface area contributed by atoms with Crippen molar-refractivity contribution in [2.45, 2.75) is 12.5 Å². The number of carbonyl (C=O) groups excluding carboxylic acids is 1. The van der Waals surface area contributed by atoms with Gasteiger partial charge in [0.25, 0.3) is 0 Å². The SMILES string of the molecule is O=C(NCc1ccccn1)[C@@H]1CNc2ccccc21. The van der Waals surface area contributed by atoms with Crippen LogP contribution in [0.1, 0.15) is 17.2 Å². The Bertz CT molecular complexity index is 583. The van der Waals surface area contributed by atoms with Gasteiger partial charge >= 0.3 is 0 Å². The minimum atomic E-state index is -0.111. The molecule has 3 rings (SSSR count). The first-order chi connectivity index (χ1) is 9.34. The van der Waals surface area contributed by atoms with E-state index in [1.54, 1.807) is 6.20 Å². The van der Waals surface area contributed by atoms with Crippen LogP contribution in [0.15, 0.2) is 48.7 Å². The molecular weight excluding hydrogens is 238 g/mol. The van der Waals surface area contributed by atoms with E-state index < -0.39 is 0 Å². The molecule has 19 heavy (non-hydrogen) atoms. The summed E-state index contributed by atoms with van der Waals surface area (Å²) in [5.74, 6) is -0.0667. The van der Waals surface area contributed by atoms with Crippen molar-refractivity contribution in [3.05, 3.63) is 59.9 Å². The lowest BCUT2D eigenvalue weighted by atomic mass is 10.0. The van der Waals surface area contributed by atoms with Gasteiger partial charge in [0, 0.05) is 18.4 Å². The molecule has 2 N–H and O–H groups in total. The van der Waals surface area contributed by atoms with Gasteiger partial charge < -0.3 is 10.6 Å². The maximum absolute atomic E-state index is 12.2. The average Bonchev–Trinajstić information content (AvgIpc) is 2.90. The lowest BCUT2D eigenvalue weighted by molar-refractivity contribution is -0.122. The van der Waals surface area contributed by atoms with Gasteiger partial charge in [-0.05, 0) is 23.8 Å². The first kappa shape index (κ1) is 11.7. The van der Waals surface area contributed by atoms with E-state index >= 15 is 0 Å². The number of pyridine rings is 1. The molecule has 0 radical (unpaired) electrons. The Morgan fingerprint density at radius 2 is 2.11 bits per heavy atom. The molecule has 2 aromatic rings. The number of nitrogens with one attached hydrogen (secondary N) is 2. The lowest BCUT2D eigenvalue weighted by Crippen LogP contribution is -2.30. The van der Waals surface area contributed by atoms with Crippen molar-refractivity contribution in [2.75, 3.05) is 11.9 Å². The molecule has 0 aliphatic carbocycles. The van der Waals surface area contributed by atoms with Crippen LogP contribution < -0.4 is 10.6 Å². The average molecular weight is 253 g/mol. The summed E-state index contributed by atoms with van der Waals surface area (Å²) in [6.07, 6.45) is 1.73. The second-order valence-electron chi connectivity index (χ2n) is 4.56. The van der Waals surface area contributed by atoms with Gasteiger partial charge in [0.15, 0.2) is 0 Å². The maximum atomic E-state index is 12.2.